The lowest BCUT2D eigenvalue weighted by molar-refractivity contribution is -0.122. The van der Waals surface area contributed by atoms with Crippen molar-refractivity contribution in [3.63, 3.8) is 0 Å². The second-order valence-electron chi connectivity index (χ2n) is 7.47. The van der Waals surface area contributed by atoms with Crippen molar-refractivity contribution in [1.29, 1.82) is 0 Å². The fraction of sp³-hybridized carbons (Fsp3) is 0.0800. The van der Waals surface area contributed by atoms with Crippen LogP contribution in [0, 0.1) is 5.82 Å². The van der Waals surface area contributed by atoms with Crippen LogP contribution in [0.1, 0.15) is 11.1 Å². The Morgan fingerprint density at radius 3 is 2.42 bits per heavy atom. The summed E-state index contributed by atoms with van der Waals surface area (Å²) < 4.78 is 25.0. The lowest BCUT2D eigenvalue weighted by Gasteiger charge is -2.26. The number of anilines is 1. The molecule has 4 rings (SSSR count). The molecule has 1 aliphatic heterocycles. The lowest BCUT2D eigenvalue weighted by atomic mass is 10.1. The molecule has 0 radical (unpaired) electrons. The average molecular weight is 550 g/mol. The number of halogens is 4. The zero-order chi connectivity index (χ0) is 26.0. The van der Waals surface area contributed by atoms with E-state index in [-0.39, 0.29) is 44.4 Å². The lowest BCUT2D eigenvalue weighted by Crippen LogP contribution is -2.54. The van der Waals surface area contributed by atoms with E-state index in [9.17, 15) is 18.8 Å². The van der Waals surface area contributed by atoms with Crippen LogP contribution in [0.5, 0.6) is 11.5 Å². The van der Waals surface area contributed by atoms with Crippen molar-refractivity contribution < 1.29 is 28.2 Å². The molecule has 1 aliphatic rings. The maximum atomic E-state index is 13.9. The number of nitrogens with one attached hydrogen (secondary N) is 1. The first-order chi connectivity index (χ1) is 17.2. The van der Waals surface area contributed by atoms with E-state index in [2.05, 4.69) is 5.32 Å². The van der Waals surface area contributed by atoms with Crippen molar-refractivity contribution in [1.82, 2.24) is 5.32 Å². The maximum Gasteiger partial charge on any atom is 0.335 e. The molecular formula is C25H16Cl3FN2O5. The minimum atomic E-state index is -0.937. The summed E-state index contributed by atoms with van der Waals surface area (Å²) in [7, 11) is 1.38. The van der Waals surface area contributed by atoms with Gasteiger partial charge in [0.2, 0.25) is 0 Å². The fourth-order valence-corrected chi connectivity index (χ4v) is 3.98. The second kappa shape index (κ2) is 10.6. The Kier molecular flexibility index (Phi) is 7.49. The van der Waals surface area contributed by atoms with Crippen molar-refractivity contribution in [2.75, 3.05) is 12.0 Å². The largest absolute Gasteiger partial charge is 0.493 e. The van der Waals surface area contributed by atoms with Crippen molar-refractivity contribution in [2.24, 2.45) is 0 Å². The second-order valence-corrected chi connectivity index (χ2v) is 8.69. The van der Waals surface area contributed by atoms with E-state index in [0.29, 0.717) is 11.1 Å². The number of benzene rings is 3. The Morgan fingerprint density at radius 1 is 0.972 bits per heavy atom. The number of carbonyl (C=O) groups is 3. The predicted octanol–water partition coefficient (Wildman–Crippen LogP) is 6.04. The zero-order valence-corrected chi connectivity index (χ0v) is 20.7. The van der Waals surface area contributed by atoms with E-state index >= 15 is 0 Å². The van der Waals surface area contributed by atoms with E-state index in [1.807, 2.05) is 0 Å². The van der Waals surface area contributed by atoms with Gasteiger partial charge in [-0.25, -0.2) is 14.1 Å². The summed E-state index contributed by atoms with van der Waals surface area (Å²) in [6.45, 7) is -0.106. The minimum Gasteiger partial charge on any atom is -0.493 e. The van der Waals surface area contributed by atoms with Gasteiger partial charge < -0.3 is 9.47 Å². The molecule has 0 bridgehead atoms. The Hall–Kier alpha value is -3.59. The highest BCUT2D eigenvalue weighted by atomic mass is 35.5. The molecule has 0 saturated carbocycles. The summed E-state index contributed by atoms with van der Waals surface area (Å²) in [6.07, 6.45) is 1.25. The molecule has 0 spiro atoms. The van der Waals surface area contributed by atoms with E-state index < -0.39 is 23.7 Å². The molecule has 11 heteroatoms. The number of hydrogen-bond acceptors (Lipinski definition) is 5. The van der Waals surface area contributed by atoms with E-state index in [1.165, 1.54) is 49.6 Å². The average Bonchev–Trinajstić information content (AvgIpc) is 2.83. The molecule has 184 valence electrons. The zero-order valence-electron chi connectivity index (χ0n) is 18.5. The molecule has 7 nitrogen and oxygen atoms in total. The van der Waals surface area contributed by atoms with Gasteiger partial charge in [-0.1, -0.05) is 53.0 Å². The third-order valence-corrected chi connectivity index (χ3v) is 6.18. The highest BCUT2D eigenvalue weighted by Crippen LogP contribution is 2.38. The molecule has 0 atom stereocenters. The van der Waals surface area contributed by atoms with Gasteiger partial charge in [-0.15, -0.1) is 0 Å². The van der Waals surface area contributed by atoms with Crippen LogP contribution < -0.4 is 19.7 Å². The molecule has 0 aromatic heterocycles. The monoisotopic (exact) mass is 548 g/mol. The number of carbonyl (C=O) groups excluding carboxylic acids is 3. The van der Waals surface area contributed by atoms with Crippen LogP contribution in [0.4, 0.5) is 14.9 Å². The number of methoxy groups -OCH3 is 1. The summed E-state index contributed by atoms with van der Waals surface area (Å²) in [4.78, 5) is 38.8. The van der Waals surface area contributed by atoms with Crippen molar-refractivity contribution in [3.8, 4) is 11.5 Å². The summed E-state index contributed by atoms with van der Waals surface area (Å²) in [6, 6.07) is 12.3. The van der Waals surface area contributed by atoms with E-state index in [4.69, 9.17) is 44.3 Å². The molecule has 1 saturated heterocycles. The number of imide groups is 2. The van der Waals surface area contributed by atoms with Gasteiger partial charge in [0.1, 0.15) is 18.0 Å². The van der Waals surface area contributed by atoms with Gasteiger partial charge in [-0.3, -0.25) is 14.9 Å². The highest BCUT2D eigenvalue weighted by Gasteiger charge is 2.37. The first-order valence-electron chi connectivity index (χ1n) is 10.3. The number of ether oxygens (including phenoxy) is 2. The van der Waals surface area contributed by atoms with E-state index in [1.54, 1.807) is 18.2 Å². The Bertz CT molecular complexity index is 1430. The number of urea groups is 1. The third-order valence-electron chi connectivity index (χ3n) is 5.16. The molecule has 0 unspecified atom stereocenters. The molecular weight excluding hydrogens is 534 g/mol. The van der Waals surface area contributed by atoms with Gasteiger partial charge in [0.25, 0.3) is 11.8 Å². The van der Waals surface area contributed by atoms with Gasteiger partial charge in [0, 0.05) is 5.56 Å². The van der Waals surface area contributed by atoms with Gasteiger partial charge in [0.15, 0.2) is 11.5 Å². The smallest absolute Gasteiger partial charge is 0.335 e. The summed E-state index contributed by atoms with van der Waals surface area (Å²) in [5, 5.41) is 2.57. The topological polar surface area (TPSA) is 84.9 Å². The molecule has 0 aliphatic carbocycles. The third kappa shape index (κ3) is 5.16. The Labute approximate surface area is 220 Å². The Balaban J connectivity index is 1.66. The van der Waals surface area contributed by atoms with Gasteiger partial charge in [0.05, 0.1) is 27.9 Å². The van der Waals surface area contributed by atoms with Crippen LogP contribution >= 0.6 is 34.8 Å². The van der Waals surface area contributed by atoms with Crippen LogP contribution in [-0.2, 0) is 16.2 Å². The minimum absolute atomic E-state index is 0.0959. The van der Waals surface area contributed by atoms with Gasteiger partial charge in [-0.05, 0) is 48.0 Å². The van der Waals surface area contributed by atoms with Crippen LogP contribution in [0.2, 0.25) is 15.1 Å². The number of hydrogen-bond donors (Lipinski definition) is 1. The molecule has 3 aromatic rings. The summed E-state index contributed by atoms with van der Waals surface area (Å²) in [5.41, 5.74) is 0.423. The van der Waals surface area contributed by atoms with Crippen LogP contribution in [0.15, 0.2) is 60.2 Å². The van der Waals surface area contributed by atoms with Crippen LogP contribution in [-0.4, -0.2) is 25.0 Å². The van der Waals surface area contributed by atoms with Crippen molar-refractivity contribution in [2.45, 2.75) is 6.61 Å². The van der Waals surface area contributed by atoms with Gasteiger partial charge in [-0.2, -0.15) is 0 Å². The molecule has 1 heterocycles. The molecule has 1 fully saturated rings. The first kappa shape index (κ1) is 25.5. The molecule has 1 N–H and O–H groups in total. The first-order valence-corrected chi connectivity index (χ1v) is 11.4. The molecule has 4 amide bonds. The Morgan fingerprint density at radius 2 is 1.72 bits per heavy atom. The standard InChI is InChI=1S/C25H16Cl3FN2O5/c1-35-21-10-13(9-19(28)22(21)36-12-14-4-2-3-5-20(14)29)8-16-23(32)30-25(34)31(24(16)33)15-6-7-17(26)18(27)11-15/h2-11H,12H2,1H3,(H,30,32,34)/b16-8+. The number of barbiturate groups is 1. The van der Waals surface area contributed by atoms with Crippen LogP contribution in [0.25, 0.3) is 6.08 Å². The number of nitrogens with zero attached hydrogens (tertiary/aromatic N) is 1. The summed E-state index contributed by atoms with van der Waals surface area (Å²) >= 11 is 18.3. The number of rotatable bonds is 6. The molecule has 3 aromatic carbocycles. The SMILES string of the molecule is COc1cc(/C=C2\C(=O)NC(=O)N(c3ccc(Cl)c(Cl)c3)C2=O)cc(Cl)c1OCc1ccccc1F. The van der Waals surface area contributed by atoms with E-state index in [0.717, 1.165) is 4.90 Å². The quantitative estimate of drug-likeness (QED) is 0.299. The molecule has 36 heavy (non-hydrogen) atoms. The maximum absolute atomic E-state index is 13.9. The fourth-order valence-electron chi connectivity index (χ4n) is 3.41. The normalized spacial score (nSPS) is 14.8. The highest BCUT2D eigenvalue weighted by molar-refractivity contribution is 6.43. The van der Waals surface area contributed by atoms with Crippen molar-refractivity contribution in [3.05, 3.63) is 92.2 Å². The van der Waals surface area contributed by atoms with Crippen molar-refractivity contribution >= 4 is 64.4 Å². The van der Waals surface area contributed by atoms with Gasteiger partial charge >= 0.3 is 6.03 Å². The van der Waals surface area contributed by atoms with Crippen LogP contribution in [0.3, 0.4) is 0 Å². The number of amides is 4. The summed E-state index contributed by atoms with van der Waals surface area (Å²) in [5.74, 6) is -1.87. The predicted molar refractivity (Wildman–Crippen MR) is 134 cm³/mol.